The number of carbonyl (C=O) groups excluding carboxylic acids is 2. The van der Waals surface area contributed by atoms with E-state index in [-0.39, 0.29) is 18.0 Å². The van der Waals surface area contributed by atoms with Gasteiger partial charge in [-0.15, -0.1) is 0 Å². The summed E-state index contributed by atoms with van der Waals surface area (Å²) in [5.41, 5.74) is 1.87. The highest BCUT2D eigenvalue weighted by Crippen LogP contribution is 2.31. The SMILES string of the molecule is CN1CCC(=O)N(C(c2ccccc2)c2ccccc2)C1=O. The first-order chi connectivity index (χ1) is 10.7. The second kappa shape index (κ2) is 6.02. The molecule has 1 aliphatic heterocycles. The Labute approximate surface area is 130 Å². The molecule has 1 heterocycles. The minimum atomic E-state index is -0.384. The van der Waals surface area contributed by atoms with E-state index in [9.17, 15) is 9.59 Å². The molecule has 0 spiro atoms. The lowest BCUT2D eigenvalue weighted by molar-refractivity contribution is -0.132. The normalized spacial score (nSPS) is 15.5. The summed E-state index contributed by atoms with van der Waals surface area (Å²) >= 11 is 0. The van der Waals surface area contributed by atoms with Gasteiger partial charge in [-0.1, -0.05) is 60.7 Å². The zero-order valence-corrected chi connectivity index (χ0v) is 12.5. The fraction of sp³-hybridized carbons (Fsp3) is 0.222. The van der Waals surface area contributed by atoms with E-state index in [0.717, 1.165) is 11.1 Å². The molecule has 4 heteroatoms. The van der Waals surface area contributed by atoms with Crippen molar-refractivity contribution >= 4 is 11.9 Å². The summed E-state index contributed by atoms with van der Waals surface area (Å²) in [4.78, 5) is 28.0. The van der Waals surface area contributed by atoms with Gasteiger partial charge >= 0.3 is 6.03 Å². The number of hydrogen-bond donors (Lipinski definition) is 0. The zero-order chi connectivity index (χ0) is 15.5. The van der Waals surface area contributed by atoms with Crippen LogP contribution >= 0.6 is 0 Å². The van der Waals surface area contributed by atoms with Gasteiger partial charge in [0.05, 0.1) is 6.04 Å². The van der Waals surface area contributed by atoms with Crippen LogP contribution in [0.4, 0.5) is 4.79 Å². The van der Waals surface area contributed by atoms with Crippen LogP contribution in [0.15, 0.2) is 60.7 Å². The summed E-state index contributed by atoms with van der Waals surface area (Å²) < 4.78 is 0. The van der Waals surface area contributed by atoms with E-state index in [1.54, 1.807) is 11.9 Å². The maximum Gasteiger partial charge on any atom is 0.327 e. The lowest BCUT2D eigenvalue weighted by Crippen LogP contribution is -2.52. The van der Waals surface area contributed by atoms with Crippen LogP contribution in [0, 0.1) is 0 Å². The van der Waals surface area contributed by atoms with Gasteiger partial charge in [0.15, 0.2) is 0 Å². The number of urea groups is 1. The number of nitrogens with zero attached hydrogens (tertiary/aromatic N) is 2. The molecule has 1 fully saturated rings. The van der Waals surface area contributed by atoms with E-state index in [2.05, 4.69) is 0 Å². The second-order valence-corrected chi connectivity index (χ2v) is 5.44. The average Bonchev–Trinajstić information content (AvgIpc) is 2.57. The first kappa shape index (κ1) is 14.3. The van der Waals surface area contributed by atoms with Crippen molar-refractivity contribution in [2.45, 2.75) is 12.5 Å². The molecule has 0 radical (unpaired) electrons. The minimum Gasteiger partial charge on any atom is -0.327 e. The number of imide groups is 1. The van der Waals surface area contributed by atoms with Crippen molar-refractivity contribution in [2.24, 2.45) is 0 Å². The van der Waals surface area contributed by atoms with Crippen molar-refractivity contribution < 1.29 is 9.59 Å². The first-order valence-corrected chi connectivity index (χ1v) is 7.35. The van der Waals surface area contributed by atoms with Crippen molar-refractivity contribution in [2.75, 3.05) is 13.6 Å². The monoisotopic (exact) mass is 294 g/mol. The van der Waals surface area contributed by atoms with Crippen molar-refractivity contribution in [1.29, 1.82) is 0 Å². The number of carbonyl (C=O) groups is 2. The van der Waals surface area contributed by atoms with Gasteiger partial charge in [-0.2, -0.15) is 0 Å². The maximum absolute atomic E-state index is 12.6. The summed E-state index contributed by atoms with van der Waals surface area (Å²) in [7, 11) is 1.73. The van der Waals surface area contributed by atoms with E-state index in [1.807, 2.05) is 60.7 Å². The molecule has 4 nitrogen and oxygen atoms in total. The van der Waals surface area contributed by atoms with Crippen LogP contribution in [-0.2, 0) is 4.79 Å². The van der Waals surface area contributed by atoms with E-state index >= 15 is 0 Å². The third-order valence-corrected chi connectivity index (χ3v) is 3.95. The molecule has 1 aliphatic rings. The third kappa shape index (κ3) is 2.60. The Morgan fingerprint density at radius 1 is 0.864 bits per heavy atom. The summed E-state index contributed by atoms with van der Waals surface area (Å²) in [6, 6.07) is 18.7. The molecule has 0 unspecified atom stereocenters. The molecule has 2 aromatic carbocycles. The van der Waals surface area contributed by atoms with Gasteiger partial charge in [-0.05, 0) is 11.1 Å². The van der Waals surface area contributed by atoms with Crippen LogP contribution in [-0.4, -0.2) is 35.3 Å². The Kier molecular flexibility index (Phi) is 3.92. The van der Waals surface area contributed by atoms with E-state index in [1.165, 1.54) is 4.90 Å². The predicted octanol–water partition coefficient (Wildman–Crippen LogP) is 3.06. The number of hydrogen-bond acceptors (Lipinski definition) is 2. The van der Waals surface area contributed by atoms with Crippen molar-refractivity contribution in [1.82, 2.24) is 9.80 Å². The summed E-state index contributed by atoms with van der Waals surface area (Å²) in [5.74, 6) is -0.124. The second-order valence-electron chi connectivity index (χ2n) is 5.44. The Hall–Kier alpha value is -2.62. The minimum absolute atomic E-state index is 0.124. The standard InChI is InChI=1S/C18H18N2O2/c1-19-13-12-16(21)20(18(19)22)17(14-8-4-2-5-9-14)15-10-6-3-7-11-15/h2-11,17H,12-13H2,1H3. The molecular weight excluding hydrogens is 276 g/mol. The molecule has 3 rings (SSSR count). The van der Waals surface area contributed by atoms with Gasteiger partial charge in [0.1, 0.15) is 0 Å². The smallest absolute Gasteiger partial charge is 0.327 e. The van der Waals surface area contributed by atoms with Gasteiger partial charge in [-0.3, -0.25) is 9.69 Å². The zero-order valence-electron chi connectivity index (χ0n) is 12.5. The number of rotatable bonds is 3. The molecule has 1 saturated heterocycles. The van der Waals surface area contributed by atoms with Gasteiger partial charge in [-0.25, -0.2) is 4.79 Å². The van der Waals surface area contributed by atoms with E-state index in [4.69, 9.17) is 0 Å². The van der Waals surface area contributed by atoms with Crippen LogP contribution in [0.5, 0.6) is 0 Å². The number of amides is 3. The fourth-order valence-corrected chi connectivity index (χ4v) is 2.79. The molecule has 0 aromatic heterocycles. The van der Waals surface area contributed by atoms with Gasteiger partial charge in [0.25, 0.3) is 0 Å². The van der Waals surface area contributed by atoms with E-state index in [0.29, 0.717) is 13.0 Å². The van der Waals surface area contributed by atoms with Crippen LogP contribution in [0.1, 0.15) is 23.6 Å². The summed E-state index contributed by atoms with van der Waals surface area (Å²) in [5, 5.41) is 0. The Bertz CT molecular complexity index is 631. The highest BCUT2D eigenvalue weighted by atomic mass is 16.2. The van der Waals surface area contributed by atoms with Gasteiger partial charge in [0.2, 0.25) is 5.91 Å². The molecular formula is C18H18N2O2. The van der Waals surface area contributed by atoms with Crippen LogP contribution in [0.2, 0.25) is 0 Å². The number of benzene rings is 2. The molecule has 0 saturated carbocycles. The van der Waals surface area contributed by atoms with Crippen molar-refractivity contribution in [3.8, 4) is 0 Å². The molecule has 22 heavy (non-hydrogen) atoms. The predicted molar refractivity (Wildman–Crippen MR) is 84.2 cm³/mol. The Balaban J connectivity index is 2.09. The van der Waals surface area contributed by atoms with Crippen molar-refractivity contribution in [3.63, 3.8) is 0 Å². The molecule has 0 N–H and O–H groups in total. The van der Waals surface area contributed by atoms with Crippen LogP contribution in [0.25, 0.3) is 0 Å². The third-order valence-electron chi connectivity index (χ3n) is 3.95. The molecule has 0 bridgehead atoms. The lowest BCUT2D eigenvalue weighted by Gasteiger charge is -2.37. The highest BCUT2D eigenvalue weighted by molar-refractivity contribution is 5.97. The summed E-state index contributed by atoms with van der Waals surface area (Å²) in [6.45, 7) is 0.477. The fourth-order valence-electron chi connectivity index (χ4n) is 2.79. The molecule has 112 valence electrons. The van der Waals surface area contributed by atoms with Gasteiger partial charge < -0.3 is 4.90 Å². The van der Waals surface area contributed by atoms with Crippen LogP contribution in [0.3, 0.4) is 0 Å². The Morgan fingerprint density at radius 2 is 1.36 bits per heavy atom. The largest absolute Gasteiger partial charge is 0.327 e. The molecule has 0 aliphatic carbocycles. The topological polar surface area (TPSA) is 40.6 Å². The Morgan fingerprint density at radius 3 is 1.86 bits per heavy atom. The van der Waals surface area contributed by atoms with Gasteiger partial charge in [0, 0.05) is 20.0 Å². The highest BCUT2D eigenvalue weighted by Gasteiger charge is 2.36. The van der Waals surface area contributed by atoms with E-state index < -0.39 is 0 Å². The molecule has 2 aromatic rings. The lowest BCUT2D eigenvalue weighted by atomic mass is 9.96. The van der Waals surface area contributed by atoms with Crippen LogP contribution < -0.4 is 0 Å². The molecule has 3 amide bonds. The van der Waals surface area contributed by atoms with Crippen molar-refractivity contribution in [3.05, 3.63) is 71.8 Å². The quantitative estimate of drug-likeness (QED) is 0.873. The maximum atomic E-state index is 12.6. The average molecular weight is 294 g/mol. The summed E-state index contributed by atoms with van der Waals surface area (Å²) in [6.07, 6.45) is 0.360. The molecule has 0 atom stereocenters. The first-order valence-electron chi connectivity index (χ1n) is 7.35.